The van der Waals surface area contributed by atoms with Crippen molar-refractivity contribution >= 4 is 5.84 Å². The summed E-state index contributed by atoms with van der Waals surface area (Å²) in [5.74, 6) is 0.110. The fourth-order valence-corrected chi connectivity index (χ4v) is 0.886. The van der Waals surface area contributed by atoms with Gasteiger partial charge in [-0.05, 0) is 6.42 Å². The van der Waals surface area contributed by atoms with Crippen molar-refractivity contribution in [2.24, 2.45) is 10.9 Å². The molecule has 13 heavy (non-hydrogen) atoms. The van der Waals surface area contributed by atoms with E-state index in [1.165, 1.54) is 0 Å². The Morgan fingerprint density at radius 3 is 2.85 bits per heavy atom. The van der Waals surface area contributed by atoms with Gasteiger partial charge in [0.15, 0.2) is 5.84 Å². The minimum absolute atomic E-state index is 0.0234. The Morgan fingerprint density at radius 2 is 2.38 bits per heavy atom. The molecule has 1 unspecified atom stereocenters. The van der Waals surface area contributed by atoms with Crippen LogP contribution in [0, 0.1) is 0 Å². The van der Waals surface area contributed by atoms with Gasteiger partial charge in [0.25, 0.3) is 0 Å². The predicted molar refractivity (Wildman–Crippen MR) is 48.8 cm³/mol. The maximum absolute atomic E-state index is 8.68. The number of amidine groups is 1. The molecular formula is C7H17N3O3. The first-order valence-electron chi connectivity index (χ1n) is 4.04. The van der Waals surface area contributed by atoms with Crippen LogP contribution in [0.1, 0.15) is 6.42 Å². The zero-order chi connectivity index (χ0) is 10.1. The molecule has 5 N–H and O–H groups in total. The molecule has 0 aliphatic rings. The maximum Gasteiger partial charge on any atom is 0.153 e. The number of oxime groups is 1. The molecular weight excluding hydrogens is 174 g/mol. The van der Waals surface area contributed by atoms with E-state index >= 15 is 0 Å². The molecule has 0 fully saturated rings. The largest absolute Gasteiger partial charge is 0.409 e. The Kier molecular flexibility index (Phi) is 7.27. The number of rotatable bonds is 7. The number of nitrogens with two attached hydrogens (primary N) is 1. The van der Waals surface area contributed by atoms with E-state index in [1.807, 2.05) is 0 Å². The van der Waals surface area contributed by atoms with Crippen molar-refractivity contribution in [2.75, 3.05) is 26.9 Å². The molecule has 0 aliphatic carbocycles. The summed E-state index contributed by atoms with van der Waals surface area (Å²) < 4.78 is 4.91. The summed E-state index contributed by atoms with van der Waals surface area (Å²) in [6.45, 7) is 0.848. The molecule has 0 bridgehead atoms. The van der Waals surface area contributed by atoms with E-state index in [9.17, 15) is 0 Å². The van der Waals surface area contributed by atoms with E-state index < -0.39 is 0 Å². The summed E-state index contributed by atoms with van der Waals surface area (Å²) >= 11 is 0. The van der Waals surface area contributed by atoms with E-state index in [0.29, 0.717) is 13.0 Å². The monoisotopic (exact) mass is 191 g/mol. The molecule has 0 radical (unpaired) electrons. The lowest BCUT2D eigenvalue weighted by Gasteiger charge is -2.15. The van der Waals surface area contributed by atoms with Crippen molar-refractivity contribution in [2.45, 2.75) is 12.5 Å². The molecule has 0 rings (SSSR count). The van der Waals surface area contributed by atoms with Crippen LogP contribution >= 0.6 is 0 Å². The SMILES string of the molecule is COCC(CCO)NCC(N)=NO. The van der Waals surface area contributed by atoms with Crippen LogP contribution in [0.4, 0.5) is 0 Å². The molecule has 0 saturated heterocycles. The number of nitrogens with zero attached hydrogens (tertiary/aromatic N) is 1. The zero-order valence-electron chi connectivity index (χ0n) is 7.73. The Balaban J connectivity index is 3.67. The van der Waals surface area contributed by atoms with E-state index in [1.54, 1.807) is 7.11 Å². The first kappa shape index (κ1) is 12.2. The Labute approximate surface area is 77.4 Å². The molecule has 0 saturated carbocycles. The van der Waals surface area contributed by atoms with Gasteiger partial charge >= 0.3 is 0 Å². The van der Waals surface area contributed by atoms with Gasteiger partial charge in [0.1, 0.15) is 0 Å². The van der Waals surface area contributed by atoms with E-state index in [-0.39, 0.29) is 25.0 Å². The van der Waals surface area contributed by atoms with Crippen LogP contribution in [0.3, 0.4) is 0 Å². The quantitative estimate of drug-likeness (QED) is 0.174. The van der Waals surface area contributed by atoms with Crippen LogP contribution in [0.15, 0.2) is 5.16 Å². The van der Waals surface area contributed by atoms with E-state index in [4.69, 9.17) is 20.8 Å². The minimum atomic E-state index is 0.0234. The number of methoxy groups -OCH3 is 1. The van der Waals surface area contributed by atoms with Crippen LogP contribution in [0.2, 0.25) is 0 Å². The number of ether oxygens (including phenoxy) is 1. The highest BCUT2D eigenvalue weighted by Crippen LogP contribution is 1.90. The molecule has 6 heteroatoms. The van der Waals surface area contributed by atoms with E-state index in [0.717, 1.165) is 0 Å². The summed E-state index contributed by atoms with van der Waals surface area (Å²) in [6, 6.07) is 0.0234. The highest BCUT2D eigenvalue weighted by Gasteiger charge is 2.07. The van der Waals surface area contributed by atoms with Gasteiger partial charge in [0.05, 0.1) is 13.2 Å². The molecule has 0 heterocycles. The molecule has 78 valence electrons. The van der Waals surface area contributed by atoms with Gasteiger partial charge in [0, 0.05) is 19.8 Å². The lowest BCUT2D eigenvalue weighted by molar-refractivity contribution is 0.151. The first-order valence-corrected chi connectivity index (χ1v) is 4.04. The highest BCUT2D eigenvalue weighted by molar-refractivity contribution is 5.81. The van der Waals surface area contributed by atoms with Crippen molar-refractivity contribution in [3.63, 3.8) is 0 Å². The van der Waals surface area contributed by atoms with E-state index in [2.05, 4.69) is 10.5 Å². The Bertz CT molecular complexity index is 146. The van der Waals surface area contributed by atoms with Crippen molar-refractivity contribution in [1.82, 2.24) is 5.32 Å². The highest BCUT2D eigenvalue weighted by atomic mass is 16.5. The maximum atomic E-state index is 8.68. The van der Waals surface area contributed by atoms with Crippen LogP contribution in [0.5, 0.6) is 0 Å². The van der Waals surface area contributed by atoms with Crippen molar-refractivity contribution in [3.05, 3.63) is 0 Å². The van der Waals surface area contributed by atoms with Crippen LogP contribution < -0.4 is 11.1 Å². The molecule has 0 aromatic rings. The molecule has 0 amide bonds. The summed E-state index contributed by atoms with van der Waals surface area (Å²) in [6.07, 6.45) is 0.576. The lowest BCUT2D eigenvalue weighted by Crippen LogP contribution is -2.39. The second-order valence-electron chi connectivity index (χ2n) is 2.64. The fraction of sp³-hybridized carbons (Fsp3) is 0.857. The van der Waals surface area contributed by atoms with Crippen molar-refractivity contribution < 1.29 is 15.1 Å². The van der Waals surface area contributed by atoms with Crippen molar-refractivity contribution in [1.29, 1.82) is 0 Å². The smallest absolute Gasteiger partial charge is 0.153 e. The summed E-state index contributed by atoms with van der Waals surface area (Å²) in [5.41, 5.74) is 5.25. The second kappa shape index (κ2) is 7.78. The molecule has 0 spiro atoms. The average Bonchev–Trinajstić information content (AvgIpc) is 2.14. The van der Waals surface area contributed by atoms with Gasteiger partial charge in [0.2, 0.25) is 0 Å². The minimum Gasteiger partial charge on any atom is -0.409 e. The van der Waals surface area contributed by atoms with Crippen LogP contribution in [-0.2, 0) is 4.74 Å². The van der Waals surface area contributed by atoms with Gasteiger partial charge < -0.3 is 26.1 Å². The topological polar surface area (TPSA) is 100 Å². The molecule has 6 nitrogen and oxygen atoms in total. The Morgan fingerprint density at radius 1 is 1.69 bits per heavy atom. The standard InChI is InChI=1S/C7H17N3O3/c1-13-5-6(2-3-11)9-4-7(8)10-12/h6,9,11-12H,2-5H2,1H3,(H2,8,10). The molecule has 0 aromatic heterocycles. The third-order valence-corrected chi connectivity index (χ3v) is 1.55. The molecule has 0 aromatic carbocycles. The number of aliphatic hydroxyl groups excluding tert-OH is 1. The third-order valence-electron chi connectivity index (χ3n) is 1.55. The number of aliphatic hydroxyl groups is 1. The van der Waals surface area contributed by atoms with Crippen molar-refractivity contribution in [3.8, 4) is 0 Å². The molecule has 0 aliphatic heterocycles. The number of hydrogen-bond acceptors (Lipinski definition) is 5. The number of hydrogen-bond donors (Lipinski definition) is 4. The van der Waals surface area contributed by atoms with Gasteiger partial charge in [-0.15, -0.1) is 0 Å². The Hall–Kier alpha value is -0.850. The van der Waals surface area contributed by atoms with Gasteiger partial charge in [-0.1, -0.05) is 5.16 Å². The fourth-order valence-electron chi connectivity index (χ4n) is 0.886. The van der Waals surface area contributed by atoms with Gasteiger partial charge in [-0.2, -0.15) is 0 Å². The lowest BCUT2D eigenvalue weighted by atomic mass is 10.2. The van der Waals surface area contributed by atoms with Crippen LogP contribution in [0.25, 0.3) is 0 Å². The normalized spacial score (nSPS) is 14.5. The third kappa shape index (κ3) is 6.32. The zero-order valence-corrected chi connectivity index (χ0v) is 7.73. The second-order valence-corrected chi connectivity index (χ2v) is 2.64. The first-order chi connectivity index (χ1) is 6.24. The average molecular weight is 191 g/mol. The summed E-state index contributed by atoms with van der Waals surface area (Å²) in [4.78, 5) is 0. The molecule has 1 atom stereocenters. The van der Waals surface area contributed by atoms with Crippen LogP contribution in [-0.4, -0.2) is 49.1 Å². The summed E-state index contributed by atoms with van der Waals surface area (Å²) in [7, 11) is 1.58. The summed E-state index contributed by atoms with van der Waals surface area (Å²) in [5, 5.41) is 22.7. The van der Waals surface area contributed by atoms with Gasteiger partial charge in [-0.3, -0.25) is 0 Å². The van der Waals surface area contributed by atoms with Gasteiger partial charge in [-0.25, -0.2) is 0 Å². The number of nitrogens with one attached hydrogen (secondary N) is 1. The predicted octanol–water partition coefficient (Wildman–Crippen LogP) is -1.28.